The van der Waals surface area contributed by atoms with Gasteiger partial charge in [-0.1, -0.05) is 49.4 Å². The molecule has 2 aromatic carbocycles. The van der Waals surface area contributed by atoms with Gasteiger partial charge in [-0.3, -0.25) is 4.90 Å². The lowest BCUT2D eigenvalue weighted by molar-refractivity contribution is 0.101. The summed E-state index contributed by atoms with van der Waals surface area (Å²) in [4.78, 5) is 2.25. The van der Waals surface area contributed by atoms with Crippen LogP contribution in [0.1, 0.15) is 24.5 Å². The molecule has 1 unspecified atom stereocenters. The monoisotopic (exact) mass is 313 g/mol. The molecule has 0 aromatic heterocycles. The molecule has 122 valence electrons. The van der Waals surface area contributed by atoms with Gasteiger partial charge in [-0.2, -0.15) is 0 Å². The Bertz CT molecular complexity index is 630. The zero-order valence-electron chi connectivity index (χ0n) is 13.4. The van der Waals surface area contributed by atoms with Crippen molar-refractivity contribution in [3.8, 4) is 11.5 Å². The average Bonchev–Trinajstić information content (AvgIpc) is 3.05. The fourth-order valence-electron chi connectivity index (χ4n) is 2.81. The molecule has 3 rings (SSSR count). The fraction of sp³-hybridized carbons (Fsp3) is 0.368. The first kappa shape index (κ1) is 15.8. The molecular weight excluding hydrogens is 290 g/mol. The molecule has 0 saturated heterocycles. The number of aliphatic hydroxyl groups is 1. The van der Waals surface area contributed by atoms with E-state index in [4.69, 9.17) is 9.47 Å². The van der Waals surface area contributed by atoms with Gasteiger partial charge in [-0.25, -0.2) is 0 Å². The Balaban J connectivity index is 1.77. The zero-order valence-corrected chi connectivity index (χ0v) is 13.4. The standard InChI is InChI=1S/C19H23NO3/c1-2-17(21)13-20(11-15-7-4-3-5-8-15)12-16-9-6-10-18-19(16)23-14-22-18/h3-10,17,21H,2,11-14H2,1H3. The van der Waals surface area contributed by atoms with E-state index in [2.05, 4.69) is 23.1 Å². The van der Waals surface area contributed by atoms with E-state index in [9.17, 15) is 5.11 Å². The smallest absolute Gasteiger partial charge is 0.231 e. The summed E-state index contributed by atoms with van der Waals surface area (Å²) < 4.78 is 11.1. The highest BCUT2D eigenvalue weighted by Gasteiger charge is 2.20. The maximum atomic E-state index is 10.1. The van der Waals surface area contributed by atoms with Gasteiger partial charge in [0.25, 0.3) is 0 Å². The number of ether oxygens (including phenoxy) is 2. The molecule has 23 heavy (non-hydrogen) atoms. The average molecular weight is 313 g/mol. The topological polar surface area (TPSA) is 41.9 Å². The van der Waals surface area contributed by atoms with E-state index in [1.807, 2.05) is 37.3 Å². The first-order valence-electron chi connectivity index (χ1n) is 8.08. The molecule has 1 aliphatic rings. The summed E-state index contributed by atoms with van der Waals surface area (Å²) in [5.74, 6) is 1.63. The highest BCUT2D eigenvalue weighted by atomic mass is 16.7. The quantitative estimate of drug-likeness (QED) is 0.852. The number of para-hydroxylation sites is 1. The van der Waals surface area contributed by atoms with Crippen molar-refractivity contribution >= 4 is 0 Å². The second kappa shape index (κ2) is 7.49. The molecule has 0 aliphatic carbocycles. The van der Waals surface area contributed by atoms with E-state index in [0.29, 0.717) is 6.54 Å². The van der Waals surface area contributed by atoms with Gasteiger partial charge in [-0.05, 0) is 18.1 Å². The lowest BCUT2D eigenvalue weighted by Gasteiger charge is -2.25. The van der Waals surface area contributed by atoms with Gasteiger partial charge in [-0.15, -0.1) is 0 Å². The van der Waals surface area contributed by atoms with Crippen molar-refractivity contribution < 1.29 is 14.6 Å². The van der Waals surface area contributed by atoms with Gasteiger partial charge < -0.3 is 14.6 Å². The molecule has 4 nitrogen and oxygen atoms in total. The van der Waals surface area contributed by atoms with E-state index in [1.165, 1.54) is 5.56 Å². The third-order valence-electron chi connectivity index (χ3n) is 4.06. The molecule has 0 amide bonds. The van der Waals surface area contributed by atoms with Crippen molar-refractivity contribution in [3.05, 3.63) is 59.7 Å². The number of rotatable bonds is 7. The van der Waals surface area contributed by atoms with E-state index < -0.39 is 0 Å². The molecular formula is C19H23NO3. The molecule has 0 saturated carbocycles. The molecule has 1 N–H and O–H groups in total. The summed E-state index contributed by atoms with van der Waals surface area (Å²) in [7, 11) is 0. The third-order valence-corrected chi connectivity index (χ3v) is 4.06. The van der Waals surface area contributed by atoms with Crippen molar-refractivity contribution in [2.45, 2.75) is 32.5 Å². The summed E-state index contributed by atoms with van der Waals surface area (Å²) in [5, 5.41) is 10.1. The molecule has 0 radical (unpaired) electrons. The second-order valence-electron chi connectivity index (χ2n) is 5.87. The van der Waals surface area contributed by atoms with Gasteiger partial charge >= 0.3 is 0 Å². The van der Waals surface area contributed by atoms with Crippen LogP contribution < -0.4 is 9.47 Å². The van der Waals surface area contributed by atoms with Gasteiger partial charge in [0.1, 0.15) is 0 Å². The van der Waals surface area contributed by atoms with Gasteiger partial charge in [0.05, 0.1) is 6.10 Å². The lowest BCUT2D eigenvalue weighted by Crippen LogP contribution is -2.31. The molecule has 0 fully saturated rings. The Morgan fingerprint density at radius 1 is 1.04 bits per heavy atom. The summed E-state index contributed by atoms with van der Waals surface area (Å²) >= 11 is 0. The number of hydrogen-bond donors (Lipinski definition) is 1. The van der Waals surface area contributed by atoms with Crippen LogP contribution in [-0.2, 0) is 13.1 Å². The highest BCUT2D eigenvalue weighted by Crippen LogP contribution is 2.36. The number of hydrogen-bond acceptors (Lipinski definition) is 4. The van der Waals surface area contributed by atoms with Crippen LogP contribution >= 0.6 is 0 Å². The van der Waals surface area contributed by atoms with E-state index in [0.717, 1.165) is 36.6 Å². The van der Waals surface area contributed by atoms with Crippen LogP contribution in [-0.4, -0.2) is 29.4 Å². The highest BCUT2D eigenvalue weighted by molar-refractivity contribution is 5.48. The number of fused-ring (bicyclic) bond motifs is 1. The van der Waals surface area contributed by atoms with Crippen LogP contribution in [0.4, 0.5) is 0 Å². The van der Waals surface area contributed by atoms with Crippen LogP contribution in [0.2, 0.25) is 0 Å². The molecule has 1 heterocycles. The van der Waals surface area contributed by atoms with E-state index in [1.54, 1.807) is 0 Å². The first-order valence-corrected chi connectivity index (χ1v) is 8.08. The normalized spacial score (nSPS) is 14.2. The van der Waals surface area contributed by atoms with Crippen LogP contribution in [0.3, 0.4) is 0 Å². The minimum Gasteiger partial charge on any atom is -0.454 e. The van der Waals surface area contributed by atoms with Gasteiger partial charge in [0.2, 0.25) is 6.79 Å². The molecule has 4 heteroatoms. The molecule has 2 aromatic rings. The van der Waals surface area contributed by atoms with E-state index in [-0.39, 0.29) is 12.9 Å². The summed E-state index contributed by atoms with van der Waals surface area (Å²) in [6.07, 6.45) is 0.422. The summed E-state index contributed by atoms with van der Waals surface area (Å²) in [5.41, 5.74) is 2.33. The first-order chi connectivity index (χ1) is 11.3. The van der Waals surface area contributed by atoms with Crippen LogP contribution in [0, 0.1) is 0 Å². The minimum absolute atomic E-state index is 0.280. The maximum absolute atomic E-state index is 10.1. The number of benzene rings is 2. The molecule has 1 aliphatic heterocycles. The van der Waals surface area contributed by atoms with Gasteiger partial charge in [0, 0.05) is 25.2 Å². The Kier molecular flexibility index (Phi) is 5.16. The lowest BCUT2D eigenvalue weighted by atomic mass is 10.1. The fourth-order valence-corrected chi connectivity index (χ4v) is 2.81. The largest absolute Gasteiger partial charge is 0.454 e. The van der Waals surface area contributed by atoms with Crippen molar-refractivity contribution in [1.29, 1.82) is 0 Å². The molecule has 0 bridgehead atoms. The molecule has 0 spiro atoms. The van der Waals surface area contributed by atoms with Crippen molar-refractivity contribution in [2.75, 3.05) is 13.3 Å². The predicted octanol–water partition coefficient (Wildman–Crippen LogP) is 3.19. The minimum atomic E-state index is -0.326. The number of nitrogens with zero attached hydrogens (tertiary/aromatic N) is 1. The van der Waals surface area contributed by atoms with Gasteiger partial charge in [0.15, 0.2) is 11.5 Å². The predicted molar refractivity (Wildman–Crippen MR) is 89.4 cm³/mol. The second-order valence-corrected chi connectivity index (χ2v) is 5.87. The SMILES string of the molecule is CCC(O)CN(Cc1ccccc1)Cc1cccc2c1OCO2. The Morgan fingerprint density at radius 3 is 2.65 bits per heavy atom. The maximum Gasteiger partial charge on any atom is 0.231 e. The Labute approximate surface area is 137 Å². The number of aliphatic hydroxyl groups excluding tert-OH is 1. The van der Waals surface area contributed by atoms with Crippen molar-refractivity contribution in [3.63, 3.8) is 0 Å². The van der Waals surface area contributed by atoms with Crippen LogP contribution in [0.5, 0.6) is 11.5 Å². The van der Waals surface area contributed by atoms with Crippen LogP contribution in [0.15, 0.2) is 48.5 Å². The summed E-state index contributed by atoms with van der Waals surface area (Å²) in [6.45, 7) is 4.43. The van der Waals surface area contributed by atoms with Crippen molar-refractivity contribution in [2.24, 2.45) is 0 Å². The zero-order chi connectivity index (χ0) is 16.1. The Morgan fingerprint density at radius 2 is 1.87 bits per heavy atom. The third kappa shape index (κ3) is 4.03. The van der Waals surface area contributed by atoms with Crippen LogP contribution in [0.25, 0.3) is 0 Å². The summed E-state index contributed by atoms with van der Waals surface area (Å²) in [6, 6.07) is 16.3. The van der Waals surface area contributed by atoms with E-state index >= 15 is 0 Å². The Hall–Kier alpha value is -2.04. The van der Waals surface area contributed by atoms with Crippen molar-refractivity contribution in [1.82, 2.24) is 4.90 Å². The molecule has 1 atom stereocenters.